The Bertz CT molecular complexity index is 383. The van der Waals surface area contributed by atoms with Gasteiger partial charge in [0.05, 0.1) is 5.56 Å². The van der Waals surface area contributed by atoms with Gasteiger partial charge in [-0.25, -0.2) is 9.18 Å². The van der Waals surface area contributed by atoms with E-state index in [2.05, 4.69) is 0 Å². The van der Waals surface area contributed by atoms with E-state index < -0.39 is 17.4 Å². The van der Waals surface area contributed by atoms with Crippen LogP contribution in [0.3, 0.4) is 0 Å². The molecular formula is C11H14FNO2. The van der Waals surface area contributed by atoms with Crippen LogP contribution >= 0.6 is 0 Å². The van der Waals surface area contributed by atoms with Crippen molar-refractivity contribution < 1.29 is 13.9 Å². The summed E-state index contributed by atoms with van der Waals surface area (Å²) in [6.45, 7) is 5.15. The maximum Gasteiger partial charge on any atom is 0.341 e. The highest BCUT2D eigenvalue weighted by Gasteiger charge is 2.20. The number of hydrogen-bond donors (Lipinski definition) is 1. The number of ether oxygens (including phenoxy) is 1. The molecule has 0 aliphatic carbocycles. The first-order valence-electron chi connectivity index (χ1n) is 4.58. The average Bonchev–Trinajstić information content (AvgIpc) is 2.06. The fourth-order valence-electron chi connectivity index (χ4n) is 1.03. The van der Waals surface area contributed by atoms with Crippen molar-refractivity contribution in [3.8, 4) is 0 Å². The Labute approximate surface area is 88.0 Å². The molecule has 15 heavy (non-hydrogen) atoms. The van der Waals surface area contributed by atoms with Crippen molar-refractivity contribution in [3.05, 3.63) is 29.6 Å². The third-order valence-electron chi connectivity index (χ3n) is 1.61. The van der Waals surface area contributed by atoms with E-state index >= 15 is 0 Å². The van der Waals surface area contributed by atoms with E-state index in [1.165, 1.54) is 12.1 Å². The highest BCUT2D eigenvalue weighted by Crippen LogP contribution is 2.16. The molecule has 0 aliphatic heterocycles. The van der Waals surface area contributed by atoms with Gasteiger partial charge in [0.2, 0.25) is 0 Å². The maximum absolute atomic E-state index is 13.2. The monoisotopic (exact) mass is 211 g/mol. The second kappa shape index (κ2) is 3.88. The fourth-order valence-corrected chi connectivity index (χ4v) is 1.03. The van der Waals surface area contributed by atoms with Crippen LogP contribution in [0.1, 0.15) is 31.1 Å². The molecule has 1 aromatic carbocycles. The van der Waals surface area contributed by atoms with Crippen LogP contribution in [0.2, 0.25) is 0 Å². The SMILES string of the molecule is CC(C)(C)OC(=O)c1cc(N)ccc1F. The molecule has 0 radical (unpaired) electrons. The Morgan fingerprint density at radius 2 is 2.00 bits per heavy atom. The number of carbonyl (C=O) groups is 1. The van der Waals surface area contributed by atoms with Gasteiger partial charge in [-0.05, 0) is 39.0 Å². The molecule has 0 aliphatic rings. The van der Waals surface area contributed by atoms with Crippen LogP contribution in [0.4, 0.5) is 10.1 Å². The Kier molecular flexibility index (Phi) is 2.98. The Morgan fingerprint density at radius 3 is 2.53 bits per heavy atom. The van der Waals surface area contributed by atoms with E-state index in [4.69, 9.17) is 10.5 Å². The average molecular weight is 211 g/mol. The summed E-state index contributed by atoms with van der Waals surface area (Å²) < 4.78 is 18.3. The summed E-state index contributed by atoms with van der Waals surface area (Å²) in [6, 6.07) is 3.81. The molecule has 2 N–H and O–H groups in total. The lowest BCUT2D eigenvalue weighted by Gasteiger charge is -2.19. The van der Waals surface area contributed by atoms with E-state index in [1.807, 2.05) is 0 Å². The van der Waals surface area contributed by atoms with Crippen molar-refractivity contribution in [2.45, 2.75) is 26.4 Å². The predicted molar refractivity (Wildman–Crippen MR) is 56.0 cm³/mol. The molecule has 0 aromatic heterocycles. The van der Waals surface area contributed by atoms with Gasteiger partial charge in [0, 0.05) is 5.69 Å². The number of halogens is 1. The summed E-state index contributed by atoms with van der Waals surface area (Å²) in [6.07, 6.45) is 0. The van der Waals surface area contributed by atoms with Crippen LogP contribution in [-0.2, 0) is 4.74 Å². The highest BCUT2D eigenvalue weighted by molar-refractivity contribution is 5.91. The van der Waals surface area contributed by atoms with Crippen LogP contribution in [0, 0.1) is 5.82 Å². The third kappa shape index (κ3) is 3.23. The summed E-state index contributed by atoms with van der Waals surface area (Å²) >= 11 is 0. The molecule has 0 spiro atoms. The zero-order valence-corrected chi connectivity index (χ0v) is 9.00. The molecule has 4 heteroatoms. The fraction of sp³-hybridized carbons (Fsp3) is 0.364. The highest BCUT2D eigenvalue weighted by atomic mass is 19.1. The zero-order chi connectivity index (χ0) is 11.6. The Hall–Kier alpha value is -1.58. The van der Waals surface area contributed by atoms with Crippen LogP contribution in [0.5, 0.6) is 0 Å². The third-order valence-corrected chi connectivity index (χ3v) is 1.61. The molecule has 82 valence electrons. The molecule has 0 bridgehead atoms. The predicted octanol–water partition coefficient (Wildman–Crippen LogP) is 2.36. The minimum atomic E-state index is -0.702. The van der Waals surface area contributed by atoms with Gasteiger partial charge in [0.1, 0.15) is 11.4 Å². The number of nitrogen functional groups attached to an aromatic ring is 1. The smallest absolute Gasteiger partial charge is 0.341 e. The van der Waals surface area contributed by atoms with E-state index in [0.717, 1.165) is 6.07 Å². The van der Waals surface area contributed by atoms with Crippen molar-refractivity contribution in [1.82, 2.24) is 0 Å². The number of carbonyl (C=O) groups excluding carboxylic acids is 1. The van der Waals surface area contributed by atoms with Crippen molar-refractivity contribution >= 4 is 11.7 Å². The van der Waals surface area contributed by atoms with Gasteiger partial charge in [-0.2, -0.15) is 0 Å². The van der Waals surface area contributed by atoms with E-state index in [1.54, 1.807) is 20.8 Å². The molecule has 3 nitrogen and oxygen atoms in total. The first-order valence-corrected chi connectivity index (χ1v) is 4.58. The molecule has 0 atom stereocenters. The Morgan fingerprint density at radius 1 is 1.40 bits per heavy atom. The quantitative estimate of drug-likeness (QED) is 0.573. The molecule has 1 rings (SSSR count). The minimum absolute atomic E-state index is 0.134. The van der Waals surface area contributed by atoms with Crippen LogP contribution in [0.25, 0.3) is 0 Å². The summed E-state index contributed by atoms with van der Waals surface area (Å²) in [5.41, 5.74) is 5.01. The minimum Gasteiger partial charge on any atom is -0.456 e. The molecule has 0 saturated carbocycles. The lowest BCUT2D eigenvalue weighted by Crippen LogP contribution is -2.24. The summed E-state index contributed by atoms with van der Waals surface area (Å²) in [7, 11) is 0. The van der Waals surface area contributed by atoms with Gasteiger partial charge in [-0.15, -0.1) is 0 Å². The number of esters is 1. The van der Waals surface area contributed by atoms with Gasteiger partial charge in [0.15, 0.2) is 0 Å². The molecule has 0 fully saturated rings. The van der Waals surface area contributed by atoms with Crippen molar-refractivity contribution in [2.75, 3.05) is 5.73 Å². The molecule has 0 heterocycles. The molecular weight excluding hydrogens is 197 g/mol. The first-order chi connectivity index (χ1) is 6.79. The van der Waals surface area contributed by atoms with Gasteiger partial charge in [-0.3, -0.25) is 0 Å². The normalized spacial score (nSPS) is 11.2. The van der Waals surface area contributed by atoms with E-state index in [-0.39, 0.29) is 5.56 Å². The first kappa shape index (κ1) is 11.5. The summed E-state index contributed by atoms with van der Waals surface area (Å²) in [5.74, 6) is -1.33. The Balaban J connectivity index is 2.96. The number of nitrogens with two attached hydrogens (primary N) is 1. The lowest BCUT2D eigenvalue weighted by molar-refractivity contribution is 0.00648. The van der Waals surface area contributed by atoms with Crippen molar-refractivity contribution in [1.29, 1.82) is 0 Å². The number of benzene rings is 1. The second-order valence-corrected chi connectivity index (χ2v) is 4.24. The maximum atomic E-state index is 13.2. The standard InChI is InChI=1S/C11H14FNO2/c1-11(2,3)15-10(14)8-6-7(13)4-5-9(8)12/h4-6H,13H2,1-3H3. The van der Waals surface area contributed by atoms with Gasteiger partial charge < -0.3 is 10.5 Å². The number of anilines is 1. The molecule has 0 amide bonds. The summed E-state index contributed by atoms with van der Waals surface area (Å²) in [5, 5.41) is 0. The van der Waals surface area contributed by atoms with Crippen LogP contribution < -0.4 is 5.73 Å². The summed E-state index contributed by atoms with van der Waals surface area (Å²) in [4.78, 5) is 11.5. The largest absolute Gasteiger partial charge is 0.456 e. The number of hydrogen-bond acceptors (Lipinski definition) is 3. The van der Waals surface area contributed by atoms with Gasteiger partial charge in [0.25, 0.3) is 0 Å². The van der Waals surface area contributed by atoms with Crippen LogP contribution in [-0.4, -0.2) is 11.6 Å². The number of rotatable bonds is 1. The van der Waals surface area contributed by atoms with Gasteiger partial charge >= 0.3 is 5.97 Å². The van der Waals surface area contributed by atoms with Crippen molar-refractivity contribution in [2.24, 2.45) is 0 Å². The van der Waals surface area contributed by atoms with E-state index in [9.17, 15) is 9.18 Å². The second-order valence-electron chi connectivity index (χ2n) is 4.24. The molecule has 0 unspecified atom stereocenters. The van der Waals surface area contributed by atoms with Gasteiger partial charge in [-0.1, -0.05) is 0 Å². The molecule has 0 saturated heterocycles. The van der Waals surface area contributed by atoms with E-state index in [0.29, 0.717) is 5.69 Å². The molecule has 1 aromatic rings. The zero-order valence-electron chi connectivity index (χ0n) is 9.00. The van der Waals surface area contributed by atoms with Crippen LogP contribution in [0.15, 0.2) is 18.2 Å². The topological polar surface area (TPSA) is 52.3 Å². The lowest BCUT2D eigenvalue weighted by atomic mass is 10.1. The van der Waals surface area contributed by atoms with Crippen molar-refractivity contribution in [3.63, 3.8) is 0 Å².